The van der Waals surface area contributed by atoms with Crippen LogP contribution in [0.5, 0.6) is 0 Å². The Bertz CT molecular complexity index is 573. The summed E-state index contributed by atoms with van der Waals surface area (Å²) in [7, 11) is 0. The van der Waals surface area contributed by atoms with Gasteiger partial charge >= 0.3 is 0 Å². The highest BCUT2D eigenvalue weighted by molar-refractivity contribution is 5.32. The molecule has 1 nitrogen and oxygen atoms in total. The van der Waals surface area contributed by atoms with E-state index in [9.17, 15) is 0 Å². The maximum absolute atomic E-state index is 3.75. The van der Waals surface area contributed by atoms with E-state index >= 15 is 0 Å². The lowest BCUT2D eigenvalue weighted by Crippen LogP contribution is -2.27. The number of nitrogens with one attached hydrogen (secondary N) is 1. The summed E-state index contributed by atoms with van der Waals surface area (Å²) in [6, 6.07) is 18.1. The number of hydrogen-bond acceptors (Lipinski definition) is 1. The van der Waals surface area contributed by atoms with Gasteiger partial charge < -0.3 is 5.32 Å². The van der Waals surface area contributed by atoms with Crippen LogP contribution in [0.15, 0.2) is 48.5 Å². The van der Waals surface area contributed by atoms with E-state index in [1.165, 1.54) is 41.5 Å². The molecule has 0 saturated heterocycles. The molecule has 104 valence electrons. The van der Waals surface area contributed by atoms with Gasteiger partial charge in [0.25, 0.3) is 0 Å². The van der Waals surface area contributed by atoms with Crippen molar-refractivity contribution in [2.45, 2.75) is 38.6 Å². The molecule has 1 aliphatic carbocycles. The number of hydrogen-bond donors (Lipinski definition) is 1. The Morgan fingerprint density at radius 1 is 1.05 bits per heavy atom. The fraction of sp³-hybridized carbons (Fsp3) is 0.368. The summed E-state index contributed by atoms with van der Waals surface area (Å²) in [6.45, 7) is 3.26. The average Bonchev–Trinajstić information content (AvgIpc) is 2.49. The zero-order valence-electron chi connectivity index (χ0n) is 12.2. The predicted molar refractivity (Wildman–Crippen MR) is 85.0 cm³/mol. The molecule has 0 fully saturated rings. The van der Waals surface area contributed by atoms with Crippen molar-refractivity contribution in [3.8, 4) is 0 Å². The van der Waals surface area contributed by atoms with E-state index < -0.39 is 0 Å². The molecule has 0 bridgehead atoms. The minimum Gasteiger partial charge on any atom is -0.310 e. The second-order valence-electron chi connectivity index (χ2n) is 5.77. The molecule has 1 aliphatic rings. The van der Waals surface area contributed by atoms with Crippen LogP contribution in [0.4, 0.5) is 0 Å². The fourth-order valence-electron chi connectivity index (χ4n) is 3.24. The molecule has 3 rings (SSSR count). The summed E-state index contributed by atoms with van der Waals surface area (Å²) in [5.41, 5.74) is 5.91. The number of benzene rings is 2. The first-order valence-corrected chi connectivity index (χ1v) is 7.70. The minimum absolute atomic E-state index is 0.545. The van der Waals surface area contributed by atoms with Gasteiger partial charge in [0.1, 0.15) is 0 Å². The van der Waals surface area contributed by atoms with Gasteiger partial charge in [0.2, 0.25) is 0 Å². The van der Waals surface area contributed by atoms with Gasteiger partial charge in [-0.15, -0.1) is 0 Å². The van der Waals surface area contributed by atoms with Crippen LogP contribution < -0.4 is 5.32 Å². The van der Waals surface area contributed by atoms with Gasteiger partial charge in [-0.2, -0.15) is 0 Å². The largest absolute Gasteiger partial charge is 0.310 e. The lowest BCUT2D eigenvalue weighted by Gasteiger charge is -2.26. The molecular formula is C19H23N. The van der Waals surface area contributed by atoms with E-state index in [1.807, 2.05) is 0 Å². The van der Waals surface area contributed by atoms with Gasteiger partial charge in [-0.05, 0) is 61.4 Å². The second-order valence-corrected chi connectivity index (χ2v) is 5.77. The minimum atomic E-state index is 0.545. The molecule has 0 heterocycles. The van der Waals surface area contributed by atoms with E-state index in [0.29, 0.717) is 6.04 Å². The second kappa shape index (κ2) is 6.23. The van der Waals surface area contributed by atoms with E-state index in [4.69, 9.17) is 0 Å². The van der Waals surface area contributed by atoms with Gasteiger partial charge in [0.05, 0.1) is 0 Å². The summed E-state index contributed by atoms with van der Waals surface area (Å²) >= 11 is 0. The van der Waals surface area contributed by atoms with Crippen LogP contribution in [0, 0.1) is 6.92 Å². The van der Waals surface area contributed by atoms with Crippen LogP contribution >= 0.6 is 0 Å². The van der Waals surface area contributed by atoms with Gasteiger partial charge in [-0.25, -0.2) is 0 Å². The average molecular weight is 265 g/mol. The van der Waals surface area contributed by atoms with Crippen molar-refractivity contribution < 1.29 is 0 Å². The van der Waals surface area contributed by atoms with E-state index in [2.05, 4.69) is 60.8 Å². The van der Waals surface area contributed by atoms with Crippen LogP contribution in [0.25, 0.3) is 0 Å². The summed E-state index contributed by atoms with van der Waals surface area (Å²) in [5, 5.41) is 3.75. The van der Waals surface area contributed by atoms with Crippen molar-refractivity contribution in [3.63, 3.8) is 0 Å². The van der Waals surface area contributed by atoms with Crippen molar-refractivity contribution in [3.05, 3.63) is 70.8 Å². The summed E-state index contributed by atoms with van der Waals surface area (Å²) in [5.74, 6) is 0. The topological polar surface area (TPSA) is 12.0 Å². The number of rotatable bonds is 4. The zero-order valence-corrected chi connectivity index (χ0v) is 12.2. The molecule has 1 atom stereocenters. The molecule has 0 saturated carbocycles. The van der Waals surface area contributed by atoms with Crippen molar-refractivity contribution in [1.82, 2.24) is 5.32 Å². The molecule has 0 amide bonds. The molecule has 1 N–H and O–H groups in total. The summed E-state index contributed by atoms with van der Waals surface area (Å²) in [4.78, 5) is 0. The molecule has 1 heteroatoms. The van der Waals surface area contributed by atoms with Gasteiger partial charge in [0.15, 0.2) is 0 Å². The lowest BCUT2D eigenvalue weighted by molar-refractivity contribution is 0.463. The van der Waals surface area contributed by atoms with Crippen LogP contribution in [0.3, 0.4) is 0 Å². The molecule has 0 aliphatic heterocycles. The highest BCUT2D eigenvalue weighted by Gasteiger charge is 2.18. The Balaban J connectivity index is 1.61. The highest BCUT2D eigenvalue weighted by Crippen LogP contribution is 2.29. The molecule has 2 aromatic rings. The van der Waals surface area contributed by atoms with Crippen molar-refractivity contribution in [2.75, 3.05) is 6.54 Å². The quantitative estimate of drug-likeness (QED) is 0.873. The first kappa shape index (κ1) is 13.4. The number of fused-ring (bicyclic) bond motifs is 1. The van der Waals surface area contributed by atoms with E-state index in [1.54, 1.807) is 0 Å². The van der Waals surface area contributed by atoms with Gasteiger partial charge in [-0.3, -0.25) is 0 Å². The van der Waals surface area contributed by atoms with E-state index in [-0.39, 0.29) is 0 Å². The van der Waals surface area contributed by atoms with Crippen molar-refractivity contribution >= 4 is 0 Å². The SMILES string of the molecule is Cc1ccccc1CCNC1CCCc2ccccc21. The molecule has 2 aromatic carbocycles. The van der Waals surface area contributed by atoms with Gasteiger partial charge in [0, 0.05) is 6.04 Å². The molecule has 1 unspecified atom stereocenters. The highest BCUT2D eigenvalue weighted by atomic mass is 14.9. The maximum atomic E-state index is 3.75. The maximum Gasteiger partial charge on any atom is 0.0323 e. The van der Waals surface area contributed by atoms with Crippen LogP contribution in [-0.4, -0.2) is 6.54 Å². The third kappa shape index (κ3) is 2.94. The van der Waals surface area contributed by atoms with Crippen LogP contribution in [0.2, 0.25) is 0 Å². The van der Waals surface area contributed by atoms with Crippen molar-refractivity contribution in [1.29, 1.82) is 0 Å². The lowest BCUT2D eigenvalue weighted by atomic mass is 9.87. The molecular weight excluding hydrogens is 242 g/mol. The molecule has 0 radical (unpaired) electrons. The van der Waals surface area contributed by atoms with Gasteiger partial charge in [-0.1, -0.05) is 48.5 Å². The van der Waals surface area contributed by atoms with E-state index in [0.717, 1.165) is 13.0 Å². The number of aryl methyl sites for hydroxylation is 2. The third-order valence-electron chi connectivity index (χ3n) is 4.42. The summed E-state index contributed by atoms with van der Waals surface area (Å²) in [6.07, 6.45) is 4.93. The summed E-state index contributed by atoms with van der Waals surface area (Å²) < 4.78 is 0. The first-order valence-electron chi connectivity index (χ1n) is 7.70. The van der Waals surface area contributed by atoms with Crippen LogP contribution in [-0.2, 0) is 12.8 Å². The zero-order chi connectivity index (χ0) is 13.8. The monoisotopic (exact) mass is 265 g/mol. The Kier molecular flexibility index (Phi) is 4.17. The Labute approximate surface area is 122 Å². The smallest absolute Gasteiger partial charge is 0.0323 e. The normalized spacial score (nSPS) is 17.8. The Hall–Kier alpha value is -1.60. The molecule has 20 heavy (non-hydrogen) atoms. The van der Waals surface area contributed by atoms with Crippen molar-refractivity contribution in [2.24, 2.45) is 0 Å². The fourth-order valence-corrected chi connectivity index (χ4v) is 3.24. The Morgan fingerprint density at radius 3 is 2.75 bits per heavy atom. The third-order valence-corrected chi connectivity index (χ3v) is 4.42. The molecule has 0 aromatic heterocycles. The predicted octanol–water partition coefficient (Wildman–Crippen LogP) is 4.20. The first-order chi connectivity index (χ1) is 9.84. The molecule has 0 spiro atoms. The van der Waals surface area contributed by atoms with Crippen LogP contribution in [0.1, 0.15) is 41.1 Å². The Morgan fingerprint density at radius 2 is 1.85 bits per heavy atom. The standard InChI is InChI=1S/C19H23N/c1-15-7-2-3-8-16(15)13-14-20-19-12-6-10-17-9-4-5-11-18(17)19/h2-5,7-9,11,19-20H,6,10,12-14H2,1H3.